The van der Waals surface area contributed by atoms with E-state index in [4.69, 9.17) is 15.8 Å². The van der Waals surface area contributed by atoms with E-state index in [0.29, 0.717) is 47.0 Å². The van der Waals surface area contributed by atoms with E-state index < -0.39 is 0 Å². The van der Waals surface area contributed by atoms with Crippen LogP contribution in [-0.4, -0.2) is 68.5 Å². The molecule has 0 fully saturated rings. The van der Waals surface area contributed by atoms with Crippen LogP contribution in [0.4, 0.5) is 5.69 Å². The van der Waals surface area contributed by atoms with Gasteiger partial charge in [-0.3, -0.25) is 10.1 Å². The van der Waals surface area contributed by atoms with E-state index in [2.05, 4.69) is 170 Å². The number of fused-ring (bicyclic) bond motifs is 6. The van der Waals surface area contributed by atoms with Gasteiger partial charge in [0.15, 0.2) is 12.4 Å². The van der Waals surface area contributed by atoms with Gasteiger partial charge in [0.05, 0.1) is 77.8 Å². The van der Waals surface area contributed by atoms with Crippen LogP contribution in [0.3, 0.4) is 0 Å². The molecular formula is C85H89N17O3S. The molecule has 6 aliphatic heterocycles. The second-order valence-electron chi connectivity index (χ2n) is 29.1. The Labute approximate surface area is 624 Å². The highest BCUT2D eigenvalue weighted by Crippen LogP contribution is 2.47. The summed E-state index contributed by atoms with van der Waals surface area (Å²) in [5, 5.41) is 48.7. The van der Waals surface area contributed by atoms with Gasteiger partial charge in [-0.2, -0.15) is 20.5 Å². The lowest BCUT2D eigenvalue weighted by Crippen LogP contribution is -2.31. The quantitative estimate of drug-likeness (QED) is 0.0452. The van der Waals surface area contributed by atoms with E-state index in [0.717, 1.165) is 92.1 Å². The smallest absolute Gasteiger partial charge is 0.273 e. The Balaban J connectivity index is 0.000000113. The molecule has 0 radical (unpaired) electrons. The molecular weight excluding hydrogens is 1340 g/mol. The number of aromatic nitrogens is 13. The summed E-state index contributed by atoms with van der Waals surface area (Å²) < 4.78 is 14.1. The van der Waals surface area contributed by atoms with Crippen molar-refractivity contribution in [2.45, 2.75) is 165 Å². The van der Waals surface area contributed by atoms with E-state index in [1.165, 1.54) is 93.3 Å². The molecule has 13 heterocycles. The fourth-order valence-electron chi connectivity index (χ4n) is 16.5. The zero-order chi connectivity index (χ0) is 73.7. The molecule has 0 aliphatic carbocycles. The molecule has 12 aromatic rings. The van der Waals surface area contributed by atoms with E-state index in [9.17, 15) is 15.3 Å². The number of hydrogen-bond donors (Lipinski definition) is 0. The molecule has 5 aromatic carbocycles. The zero-order valence-electron chi connectivity index (χ0n) is 60.7. The summed E-state index contributed by atoms with van der Waals surface area (Å²) in [7, 11) is 0. The molecule has 4 unspecified atom stereocenters. The first-order valence-electron chi connectivity index (χ1n) is 36.8. The Kier molecular flexibility index (Phi) is 23.1. The molecule has 7 aromatic heterocycles. The van der Waals surface area contributed by atoms with Gasteiger partial charge in [0.1, 0.15) is 0 Å². The largest absolute Gasteiger partial charge is 0.619 e. The van der Waals surface area contributed by atoms with Crippen molar-refractivity contribution in [1.82, 2.24) is 57.3 Å². The summed E-state index contributed by atoms with van der Waals surface area (Å²) in [4.78, 5) is 37.5. The first kappa shape index (κ1) is 72.9. The standard InChI is InChI=1S/C16H17N3.2C15H15N3.C14H16N2S.C13H13N3O2.C12H13N3O/c1-16(2)7-8-19-11-18-10-14(19)15(16)13-5-3-12(9-17)4-6-13;2*1-11-6-7-18-10-17-9-14(18)15(11)13-4-2-12(8-16)3-5-13;1-17-12-6-4-11(5-7-12)13-3-2-8-16-10-15-9-14(13)16;17-16(18)12-6-2-1-4-10(12)11-5-3-7-15-9-14-8-13(11)15;16-15-6-3-10(4-7-15)11-2-1-5-14-9-13-8-12(11)14/h3-6,10-11,15H,7-8H2,1-2H3;2*2-5,9-11,15H,6-7H2,1H3;4-7,9-10,13H,2-3,8H2,1H3;1-2,4,6,8-9,11H,3,5,7H2;3-4,6-9,11H,1-2,5H2/t;11-,15+;11-,15-;;;/m.01.../s1. The second-order valence-corrected chi connectivity index (χ2v) is 30.0. The lowest BCUT2D eigenvalue weighted by atomic mass is 9.69. The van der Waals surface area contributed by atoms with E-state index in [1.54, 1.807) is 42.6 Å². The molecule has 8 atom stereocenters. The van der Waals surface area contributed by atoms with Crippen LogP contribution in [0.2, 0.25) is 0 Å². The van der Waals surface area contributed by atoms with Crippen molar-refractivity contribution >= 4 is 17.4 Å². The fourth-order valence-corrected chi connectivity index (χ4v) is 16.9. The van der Waals surface area contributed by atoms with Crippen LogP contribution in [0, 0.1) is 66.6 Å². The van der Waals surface area contributed by atoms with Crippen LogP contribution >= 0.6 is 11.8 Å². The molecule has 0 saturated heterocycles. The number of aryl methyl sites for hydroxylation is 6. The molecule has 538 valence electrons. The molecule has 0 amide bonds. The first-order valence-corrected chi connectivity index (χ1v) is 38.0. The normalized spacial score (nSPS) is 20.3. The Morgan fingerprint density at radius 3 is 1.25 bits per heavy atom. The number of rotatable bonds is 8. The summed E-state index contributed by atoms with van der Waals surface area (Å²) in [5.41, 5.74) is 17.4. The lowest BCUT2D eigenvalue weighted by molar-refractivity contribution is -0.605. The molecule has 18 rings (SSSR count). The lowest BCUT2D eigenvalue weighted by Gasteiger charge is -2.39. The second kappa shape index (κ2) is 33.5. The monoisotopic (exact) mass is 1430 g/mol. The van der Waals surface area contributed by atoms with E-state index in [1.807, 2.05) is 129 Å². The Morgan fingerprint density at radius 1 is 0.453 bits per heavy atom. The number of benzene rings is 5. The number of nitro benzene ring substituents is 1. The maximum Gasteiger partial charge on any atom is 0.273 e. The van der Waals surface area contributed by atoms with Crippen molar-refractivity contribution in [3.63, 3.8) is 0 Å². The van der Waals surface area contributed by atoms with Crippen LogP contribution in [0.1, 0.15) is 205 Å². The maximum atomic E-state index is 11.1. The Morgan fingerprint density at radius 2 is 0.821 bits per heavy atom. The average molecular weight is 1430 g/mol. The third-order valence-corrected chi connectivity index (χ3v) is 22.9. The highest BCUT2D eigenvalue weighted by molar-refractivity contribution is 7.98. The van der Waals surface area contributed by atoms with Crippen LogP contribution in [0.5, 0.6) is 0 Å². The van der Waals surface area contributed by atoms with Crippen molar-refractivity contribution < 1.29 is 9.65 Å². The third kappa shape index (κ3) is 16.4. The van der Waals surface area contributed by atoms with Crippen LogP contribution < -0.4 is 4.73 Å². The molecule has 0 bridgehead atoms. The molecule has 6 aliphatic rings. The zero-order valence-corrected chi connectivity index (χ0v) is 61.6. The number of para-hydroxylation sites is 1. The van der Waals surface area contributed by atoms with Gasteiger partial charge in [-0.1, -0.05) is 94.4 Å². The first-order chi connectivity index (χ1) is 51.7. The third-order valence-electron chi connectivity index (χ3n) is 22.1. The van der Waals surface area contributed by atoms with Crippen LogP contribution in [0.15, 0.2) is 226 Å². The van der Waals surface area contributed by atoms with Gasteiger partial charge in [-0.25, -0.2) is 29.9 Å². The van der Waals surface area contributed by atoms with Gasteiger partial charge >= 0.3 is 0 Å². The fraction of sp³-hybridized carbons (Fsp3) is 0.341. The van der Waals surface area contributed by atoms with Crippen LogP contribution in [-0.2, 0) is 39.3 Å². The van der Waals surface area contributed by atoms with Gasteiger partial charge in [0.25, 0.3) is 5.69 Å². The van der Waals surface area contributed by atoms with E-state index >= 15 is 0 Å². The molecule has 0 spiro atoms. The van der Waals surface area contributed by atoms with Gasteiger partial charge in [-0.05, 0) is 158 Å². The molecule has 0 saturated carbocycles. The SMILES string of the molecule is CC1(C)CCn2cncc2C1c1ccc(C#N)cc1.CSc1ccc(C2CCCn3cncc32)cc1.C[C@@H]1CCn2cncc2[C@H]1c1ccc(C#N)cc1.C[C@H]1CCn2cncc2[C@H]1c1ccc(C#N)cc1.O=[N+]([O-])c1ccccc1C1CCCn2cncc21.[O-][n+]1ccc(C2CCCn3cncc32)cc1. The van der Waals surface area contributed by atoms with Gasteiger partial charge in [-0.15, -0.1) is 11.8 Å². The average Bonchev–Trinajstić information content (AvgIpc) is 1.44. The number of nitrogens with zero attached hydrogens (tertiary/aromatic N) is 17. The minimum absolute atomic E-state index is 0.0860. The van der Waals surface area contributed by atoms with Crippen molar-refractivity contribution in [3.8, 4) is 18.2 Å². The summed E-state index contributed by atoms with van der Waals surface area (Å²) in [6, 6.07) is 50.1. The summed E-state index contributed by atoms with van der Waals surface area (Å²) >= 11 is 1.79. The number of thioether (sulfide) groups is 1. The summed E-state index contributed by atoms with van der Waals surface area (Å²) in [6.07, 6.45) is 38.6. The highest BCUT2D eigenvalue weighted by Gasteiger charge is 2.38. The molecule has 106 heavy (non-hydrogen) atoms. The van der Waals surface area contributed by atoms with Crippen LogP contribution in [0.25, 0.3) is 0 Å². The summed E-state index contributed by atoms with van der Waals surface area (Å²) in [5.74, 6) is 3.37. The molecule has 20 nitrogen and oxygen atoms in total. The van der Waals surface area contributed by atoms with Gasteiger partial charge < -0.3 is 32.6 Å². The van der Waals surface area contributed by atoms with Crippen molar-refractivity contribution in [2.75, 3.05) is 6.26 Å². The topological polar surface area (TPSA) is 248 Å². The highest BCUT2D eigenvalue weighted by atomic mass is 32.2. The van der Waals surface area contributed by atoms with Gasteiger partial charge in [0, 0.05) is 175 Å². The van der Waals surface area contributed by atoms with Crippen molar-refractivity contribution in [1.29, 1.82) is 15.8 Å². The van der Waals surface area contributed by atoms with E-state index in [-0.39, 0.29) is 21.9 Å². The number of imidazole rings is 6. The minimum Gasteiger partial charge on any atom is -0.619 e. The maximum absolute atomic E-state index is 11.1. The number of nitriles is 3. The number of hydrogen-bond acceptors (Lipinski definition) is 13. The number of pyridine rings is 1. The van der Waals surface area contributed by atoms with Crippen molar-refractivity contribution in [3.05, 3.63) is 321 Å². The number of nitro groups is 1. The van der Waals surface area contributed by atoms with Crippen molar-refractivity contribution in [2.24, 2.45) is 17.3 Å². The summed E-state index contributed by atoms with van der Waals surface area (Å²) in [6.45, 7) is 15.5. The predicted molar refractivity (Wildman–Crippen MR) is 408 cm³/mol. The molecule has 0 N–H and O–H groups in total. The Hall–Kier alpha value is -11.5. The Bertz CT molecular complexity index is 4910. The minimum atomic E-state index is -0.301. The molecule has 21 heteroatoms. The van der Waals surface area contributed by atoms with Gasteiger partial charge in [0.2, 0.25) is 0 Å². The predicted octanol–water partition coefficient (Wildman–Crippen LogP) is 16.9.